The van der Waals surface area contributed by atoms with E-state index in [0.717, 1.165) is 24.3 Å². The summed E-state index contributed by atoms with van der Waals surface area (Å²) in [7, 11) is 0. The lowest BCUT2D eigenvalue weighted by atomic mass is 10.1. The molecule has 1 rings (SSSR count). The molecule has 27 heavy (non-hydrogen) atoms. The van der Waals surface area contributed by atoms with E-state index in [9.17, 15) is 35.9 Å². The van der Waals surface area contributed by atoms with Crippen LogP contribution in [0.4, 0.5) is 26.3 Å². The van der Waals surface area contributed by atoms with E-state index < -0.39 is 35.6 Å². The molecule has 0 unspecified atom stereocenters. The van der Waals surface area contributed by atoms with Crippen molar-refractivity contribution in [1.82, 2.24) is 0 Å². The first-order valence-electron chi connectivity index (χ1n) is 7.19. The van der Waals surface area contributed by atoms with Crippen molar-refractivity contribution in [2.75, 3.05) is 13.2 Å². The highest BCUT2D eigenvalue weighted by molar-refractivity contribution is 6.01. The van der Waals surface area contributed by atoms with Crippen LogP contribution >= 0.6 is 0 Å². The number of carbonyl (C=O) groups is 3. The predicted octanol–water partition coefficient (Wildman–Crippen LogP) is 3.21. The Morgan fingerprint density at radius 2 is 1.30 bits per heavy atom. The second kappa shape index (κ2) is 11.9. The van der Waals surface area contributed by atoms with Crippen LogP contribution in [0.5, 0.6) is 0 Å². The number of hydrogen-bond donors (Lipinski definition) is 2. The fourth-order valence-electron chi connectivity index (χ4n) is 1.16. The van der Waals surface area contributed by atoms with Gasteiger partial charge in [-0.05, 0) is 12.1 Å². The van der Waals surface area contributed by atoms with Gasteiger partial charge >= 0.3 is 24.3 Å². The fraction of sp³-hybridized carbons (Fsp3) is 0.400. The van der Waals surface area contributed by atoms with Crippen molar-refractivity contribution in [1.29, 1.82) is 0 Å². The molecule has 0 fully saturated rings. The van der Waals surface area contributed by atoms with E-state index in [2.05, 4.69) is 4.74 Å². The first-order valence-corrected chi connectivity index (χ1v) is 7.19. The predicted molar refractivity (Wildman–Crippen MR) is 81.2 cm³/mol. The number of aliphatic carboxylic acids is 1. The van der Waals surface area contributed by atoms with Crippen molar-refractivity contribution < 1.29 is 50.6 Å². The van der Waals surface area contributed by atoms with Crippen molar-refractivity contribution in [3.05, 3.63) is 35.4 Å². The maximum Gasteiger partial charge on any atom is 0.490 e. The van der Waals surface area contributed by atoms with Gasteiger partial charge in [0.15, 0.2) is 0 Å². The van der Waals surface area contributed by atoms with Crippen LogP contribution in [0.25, 0.3) is 0 Å². The van der Waals surface area contributed by atoms with E-state index in [4.69, 9.17) is 15.6 Å². The molecule has 1 aromatic carbocycles. The molecule has 12 heteroatoms. The number of rotatable bonds is 4. The van der Waals surface area contributed by atoms with Crippen LogP contribution in [0.15, 0.2) is 24.3 Å². The average molecular weight is 405 g/mol. The molecule has 0 radical (unpaired) electrons. The number of carboxylic acids is 1. The highest BCUT2D eigenvalue weighted by Gasteiger charge is 2.39. The Bertz CT molecular complexity index is 611. The van der Waals surface area contributed by atoms with Crippen molar-refractivity contribution in [3.8, 4) is 0 Å². The quantitative estimate of drug-likeness (QED) is 0.453. The summed E-state index contributed by atoms with van der Waals surface area (Å²) in [5, 5.41) is 7.12. The molecule has 0 atom stereocenters. The Labute approximate surface area is 149 Å². The van der Waals surface area contributed by atoms with Crippen molar-refractivity contribution in [2.45, 2.75) is 26.2 Å². The summed E-state index contributed by atoms with van der Waals surface area (Å²) in [5.74, 6) is -5.41. The Hall–Kier alpha value is -2.63. The summed E-state index contributed by atoms with van der Waals surface area (Å²) in [6, 6.07) is 4.04. The lowest BCUT2D eigenvalue weighted by Gasteiger charge is -2.06. The number of nitrogens with two attached hydrogens (primary N) is 1. The number of hydrogen-bond acceptors (Lipinski definition) is 5. The first kappa shape index (κ1) is 26.6. The van der Waals surface area contributed by atoms with Gasteiger partial charge in [-0.25, -0.2) is 9.59 Å². The van der Waals surface area contributed by atoms with Crippen LogP contribution in [0, 0.1) is 0 Å². The van der Waals surface area contributed by atoms with Crippen LogP contribution in [0.1, 0.15) is 34.6 Å². The van der Waals surface area contributed by atoms with E-state index in [0.29, 0.717) is 0 Å². The maximum atomic E-state index is 12.1. The summed E-state index contributed by atoms with van der Waals surface area (Å²) in [6.45, 7) is 4.17. The van der Waals surface area contributed by atoms with Gasteiger partial charge in [-0.2, -0.15) is 26.3 Å². The van der Waals surface area contributed by atoms with Crippen LogP contribution in [0.2, 0.25) is 0 Å². The van der Waals surface area contributed by atoms with Crippen LogP contribution < -0.4 is 5.73 Å². The molecule has 0 aliphatic rings. The summed E-state index contributed by atoms with van der Waals surface area (Å²) >= 11 is 0. The topological polar surface area (TPSA) is 107 Å². The highest BCUT2D eigenvalue weighted by atomic mass is 19.4. The molecule has 0 saturated heterocycles. The van der Waals surface area contributed by atoms with Gasteiger partial charge < -0.3 is 15.6 Å². The van der Waals surface area contributed by atoms with Gasteiger partial charge in [0.25, 0.3) is 5.78 Å². The first-order chi connectivity index (χ1) is 12.3. The monoisotopic (exact) mass is 405 g/mol. The zero-order chi connectivity index (χ0) is 21.8. The number of benzene rings is 1. The zero-order valence-electron chi connectivity index (χ0n) is 14.1. The minimum Gasteiger partial charge on any atom is -0.475 e. The molecule has 0 aromatic heterocycles. The minimum absolute atomic E-state index is 0.0159. The Kier molecular flexibility index (Phi) is 11.7. The summed E-state index contributed by atoms with van der Waals surface area (Å²) in [4.78, 5) is 31.1. The second-order valence-corrected chi connectivity index (χ2v) is 4.13. The van der Waals surface area contributed by atoms with Crippen molar-refractivity contribution in [3.63, 3.8) is 0 Å². The van der Waals surface area contributed by atoms with E-state index in [1.54, 1.807) is 0 Å². The molecule has 0 saturated carbocycles. The van der Waals surface area contributed by atoms with Crippen LogP contribution in [0.3, 0.4) is 0 Å². The molecule has 0 aliphatic carbocycles. The number of halogens is 6. The molecular formula is C15H17F6NO5. The van der Waals surface area contributed by atoms with Crippen molar-refractivity contribution >= 4 is 17.7 Å². The van der Waals surface area contributed by atoms with Gasteiger partial charge in [-0.1, -0.05) is 26.0 Å². The van der Waals surface area contributed by atoms with E-state index >= 15 is 0 Å². The molecule has 0 aliphatic heterocycles. The highest BCUT2D eigenvalue weighted by Crippen LogP contribution is 2.21. The SMILES string of the molecule is CC.NCCOC(=O)c1ccc(C(=O)C(F)(F)F)cc1.O=C(O)C(F)(F)F. The molecule has 6 nitrogen and oxygen atoms in total. The van der Waals surface area contributed by atoms with Gasteiger partial charge in [0.05, 0.1) is 5.56 Å². The lowest BCUT2D eigenvalue weighted by Crippen LogP contribution is -2.22. The van der Waals surface area contributed by atoms with Crippen molar-refractivity contribution in [2.24, 2.45) is 5.73 Å². The number of carbonyl (C=O) groups excluding carboxylic acids is 2. The van der Waals surface area contributed by atoms with E-state index in [-0.39, 0.29) is 18.7 Å². The van der Waals surface area contributed by atoms with Crippen LogP contribution in [-0.2, 0) is 9.53 Å². The Morgan fingerprint density at radius 1 is 0.926 bits per heavy atom. The minimum atomic E-state index is -5.08. The molecule has 3 N–H and O–H groups in total. The smallest absolute Gasteiger partial charge is 0.475 e. The Morgan fingerprint density at radius 3 is 1.59 bits per heavy atom. The van der Waals surface area contributed by atoms with Gasteiger partial charge in [0.1, 0.15) is 6.61 Å². The number of alkyl halides is 6. The summed E-state index contributed by atoms with van der Waals surface area (Å²) in [5.41, 5.74) is 4.65. The fourth-order valence-corrected chi connectivity index (χ4v) is 1.16. The van der Waals surface area contributed by atoms with Crippen LogP contribution in [-0.4, -0.2) is 48.3 Å². The normalized spacial score (nSPS) is 10.6. The third kappa shape index (κ3) is 10.8. The van der Waals surface area contributed by atoms with Gasteiger partial charge in [-0.15, -0.1) is 0 Å². The molecule has 0 amide bonds. The number of ether oxygens (including phenoxy) is 1. The second-order valence-electron chi connectivity index (χ2n) is 4.13. The number of carboxylic acid groups (broad SMARTS) is 1. The molecule has 0 heterocycles. The average Bonchev–Trinajstić information content (AvgIpc) is 2.59. The molecule has 1 aromatic rings. The van der Waals surface area contributed by atoms with Gasteiger partial charge in [0.2, 0.25) is 0 Å². The summed E-state index contributed by atoms with van der Waals surface area (Å²) in [6.07, 6.45) is -10.0. The number of Topliss-reactive ketones (excluding diaryl/α,β-unsaturated/α-hetero) is 1. The molecule has 0 spiro atoms. The van der Waals surface area contributed by atoms with E-state index in [1.165, 1.54) is 0 Å². The summed E-state index contributed by atoms with van der Waals surface area (Å²) < 4.78 is 72.7. The maximum absolute atomic E-state index is 12.1. The Balaban J connectivity index is 0. The number of esters is 1. The molecular weight excluding hydrogens is 388 g/mol. The van der Waals surface area contributed by atoms with Gasteiger partial charge in [0, 0.05) is 12.1 Å². The van der Waals surface area contributed by atoms with Gasteiger partial charge in [-0.3, -0.25) is 4.79 Å². The molecule has 0 bridgehead atoms. The number of ketones is 1. The molecule has 154 valence electrons. The zero-order valence-corrected chi connectivity index (χ0v) is 14.1. The third-order valence-corrected chi connectivity index (χ3v) is 2.23. The lowest BCUT2D eigenvalue weighted by molar-refractivity contribution is -0.192. The standard InChI is InChI=1S/C11H10F3NO3.C2HF3O2.C2H6/c12-11(13,14)9(16)7-1-3-8(4-2-7)10(17)18-6-5-15;3-2(4,5)1(6)7;1-2/h1-4H,5-6,15H2;(H,6,7);1-2H3. The third-order valence-electron chi connectivity index (χ3n) is 2.23. The largest absolute Gasteiger partial charge is 0.490 e. The van der Waals surface area contributed by atoms with E-state index in [1.807, 2.05) is 13.8 Å².